The minimum absolute atomic E-state index is 0.0956. The maximum absolute atomic E-state index is 6.03. The summed E-state index contributed by atoms with van der Waals surface area (Å²) < 4.78 is 6.03. The summed E-state index contributed by atoms with van der Waals surface area (Å²) in [4.78, 5) is 0. The zero-order chi connectivity index (χ0) is 14.7. The van der Waals surface area contributed by atoms with Gasteiger partial charge in [-0.25, -0.2) is 0 Å². The normalized spacial score (nSPS) is 18.1. The molecule has 0 spiro atoms. The summed E-state index contributed by atoms with van der Waals surface area (Å²) in [5.74, 6) is 6.75. The molecule has 2 aromatic rings. The highest BCUT2D eigenvalue weighted by Gasteiger charge is 2.29. The van der Waals surface area contributed by atoms with Gasteiger partial charge in [-0.1, -0.05) is 49.4 Å². The van der Waals surface area contributed by atoms with Crippen LogP contribution in [0.15, 0.2) is 48.5 Å². The molecule has 2 unspecified atom stereocenters. The molecular formula is C18H22N2O. The molecule has 0 aromatic heterocycles. The minimum atomic E-state index is 0.0956. The first-order valence-electron chi connectivity index (χ1n) is 7.58. The van der Waals surface area contributed by atoms with Crippen LogP contribution in [-0.2, 0) is 19.3 Å². The summed E-state index contributed by atoms with van der Waals surface area (Å²) in [6.45, 7) is 2.17. The number of ether oxygens (including phenoxy) is 1. The van der Waals surface area contributed by atoms with Crippen molar-refractivity contribution in [2.45, 2.75) is 38.3 Å². The third-order valence-electron chi connectivity index (χ3n) is 4.22. The van der Waals surface area contributed by atoms with E-state index in [9.17, 15) is 0 Å². The molecule has 3 N–H and O–H groups in total. The Morgan fingerprint density at radius 1 is 1.14 bits per heavy atom. The molecule has 2 aromatic carbocycles. The maximum Gasteiger partial charge on any atom is 0.123 e. The van der Waals surface area contributed by atoms with E-state index in [-0.39, 0.29) is 12.1 Å². The molecule has 0 saturated heterocycles. The first-order chi connectivity index (χ1) is 10.3. The molecule has 3 nitrogen and oxygen atoms in total. The molecule has 0 amide bonds. The molecular weight excluding hydrogens is 260 g/mol. The molecule has 21 heavy (non-hydrogen) atoms. The third-order valence-corrected chi connectivity index (χ3v) is 4.22. The number of rotatable bonds is 5. The van der Waals surface area contributed by atoms with Gasteiger partial charge in [-0.3, -0.25) is 11.3 Å². The Hall–Kier alpha value is -1.84. The Morgan fingerprint density at radius 2 is 1.86 bits per heavy atom. The fourth-order valence-corrected chi connectivity index (χ4v) is 2.90. The Labute approximate surface area is 126 Å². The Bertz CT molecular complexity index is 569. The number of nitrogens with two attached hydrogens (primary N) is 1. The van der Waals surface area contributed by atoms with Crippen LogP contribution in [0.1, 0.15) is 23.6 Å². The fraction of sp³-hybridized carbons (Fsp3) is 0.333. The lowest BCUT2D eigenvalue weighted by Gasteiger charge is -2.22. The average molecular weight is 282 g/mol. The van der Waals surface area contributed by atoms with Crippen molar-refractivity contribution in [3.63, 3.8) is 0 Å². The van der Waals surface area contributed by atoms with Gasteiger partial charge in [-0.05, 0) is 35.6 Å². The van der Waals surface area contributed by atoms with Crippen LogP contribution in [0.25, 0.3) is 0 Å². The zero-order valence-corrected chi connectivity index (χ0v) is 12.4. The summed E-state index contributed by atoms with van der Waals surface area (Å²) in [5.41, 5.74) is 6.85. The van der Waals surface area contributed by atoms with Gasteiger partial charge < -0.3 is 4.74 Å². The molecule has 0 saturated carbocycles. The number of para-hydroxylation sites is 1. The van der Waals surface area contributed by atoms with Gasteiger partial charge in [-0.2, -0.15) is 0 Å². The highest BCUT2D eigenvalue weighted by atomic mass is 16.5. The summed E-state index contributed by atoms with van der Waals surface area (Å²) in [6.07, 6.45) is 2.95. The van der Waals surface area contributed by atoms with E-state index in [0.29, 0.717) is 0 Å². The lowest BCUT2D eigenvalue weighted by Crippen LogP contribution is -2.47. The standard InChI is InChI=1S/C18H22N2O/c1-2-13-7-9-14(10-8-13)11-16(20-19)18-12-15-5-3-4-6-17(15)21-18/h3-10,16,18,20H,2,11-12,19H2,1H3. The van der Waals surface area contributed by atoms with Crippen LogP contribution in [0.3, 0.4) is 0 Å². The zero-order valence-electron chi connectivity index (χ0n) is 12.4. The number of fused-ring (bicyclic) bond motifs is 1. The summed E-state index contributed by atoms with van der Waals surface area (Å²) in [7, 11) is 0. The van der Waals surface area contributed by atoms with Crippen molar-refractivity contribution in [1.82, 2.24) is 5.43 Å². The monoisotopic (exact) mass is 282 g/mol. The molecule has 3 heteroatoms. The highest BCUT2D eigenvalue weighted by Crippen LogP contribution is 2.30. The van der Waals surface area contributed by atoms with Crippen LogP contribution in [0.4, 0.5) is 0 Å². The molecule has 0 bridgehead atoms. The summed E-state index contributed by atoms with van der Waals surface area (Å²) in [6, 6.07) is 17.1. The van der Waals surface area contributed by atoms with Gasteiger partial charge in [0.05, 0.1) is 6.04 Å². The van der Waals surface area contributed by atoms with Gasteiger partial charge in [0.25, 0.3) is 0 Å². The first kappa shape index (κ1) is 14.1. The van der Waals surface area contributed by atoms with Crippen LogP contribution < -0.4 is 16.0 Å². The molecule has 1 aliphatic rings. The summed E-state index contributed by atoms with van der Waals surface area (Å²) >= 11 is 0. The van der Waals surface area contributed by atoms with Crippen LogP contribution >= 0.6 is 0 Å². The van der Waals surface area contributed by atoms with E-state index in [1.807, 2.05) is 12.1 Å². The highest BCUT2D eigenvalue weighted by molar-refractivity contribution is 5.38. The molecule has 3 rings (SSSR count). The molecule has 0 radical (unpaired) electrons. The second-order valence-electron chi connectivity index (χ2n) is 5.62. The second kappa shape index (κ2) is 6.29. The largest absolute Gasteiger partial charge is 0.488 e. The predicted octanol–water partition coefficient (Wildman–Crippen LogP) is 2.63. The lowest BCUT2D eigenvalue weighted by molar-refractivity contribution is 0.177. The van der Waals surface area contributed by atoms with E-state index < -0.39 is 0 Å². The molecule has 0 fully saturated rings. The number of benzene rings is 2. The van der Waals surface area contributed by atoms with Gasteiger partial charge in [-0.15, -0.1) is 0 Å². The third kappa shape index (κ3) is 3.09. The average Bonchev–Trinajstić information content (AvgIpc) is 2.97. The van der Waals surface area contributed by atoms with Gasteiger partial charge >= 0.3 is 0 Å². The van der Waals surface area contributed by atoms with E-state index in [0.717, 1.165) is 25.0 Å². The van der Waals surface area contributed by atoms with E-state index in [4.69, 9.17) is 10.6 Å². The quantitative estimate of drug-likeness (QED) is 0.654. The van der Waals surface area contributed by atoms with Crippen molar-refractivity contribution in [3.05, 3.63) is 65.2 Å². The maximum atomic E-state index is 6.03. The van der Waals surface area contributed by atoms with Crippen LogP contribution in [0.2, 0.25) is 0 Å². The van der Waals surface area contributed by atoms with Crippen molar-refractivity contribution in [3.8, 4) is 5.75 Å². The Balaban J connectivity index is 1.68. The smallest absolute Gasteiger partial charge is 0.123 e. The molecule has 2 atom stereocenters. The predicted molar refractivity (Wildman–Crippen MR) is 85.2 cm³/mol. The number of hydrogen-bond acceptors (Lipinski definition) is 3. The molecule has 1 heterocycles. The van der Waals surface area contributed by atoms with E-state index in [1.54, 1.807) is 0 Å². The van der Waals surface area contributed by atoms with Gasteiger partial charge in [0.15, 0.2) is 0 Å². The number of hydrazine groups is 1. The van der Waals surface area contributed by atoms with Crippen LogP contribution in [-0.4, -0.2) is 12.1 Å². The first-order valence-corrected chi connectivity index (χ1v) is 7.58. The van der Waals surface area contributed by atoms with Gasteiger partial charge in [0, 0.05) is 6.42 Å². The van der Waals surface area contributed by atoms with E-state index >= 15 is 0 Å². The van der Waals surface area contributed by atoms with Crippen LogP contribution in [0, 0.1) is 0 Å². The van der Waals surface area contributed by atoms with Gasteiger partial charge in [0.1, 0.15) is 11.9 Å². The topological polar surface area (TPSA) is 47.3 Å². The Kier molecular flexibility index (Phi) is 4.23. The van der Waals surface area contributed by atoms with E-state index in [1.165, 1.54) is 16.7 Å². The Morgan fingerprint density at radius 3 is 2.52 bits per heavy atom. The molecule has 110 valence electrons. The van der Waals surface area contributed by atoms with Crippen molar-refractivity contribution >= 4 is 0 Å². The van der Waals surface area contributed by atoms with Crippen molar-refractivity contribution in [2.75, 3.05) is 0 Å². The van der Waals surface area contributed by atoms with Crippen molar-refractivity contribution in [1.29, 1.82) is 0 Å². The number of nitrogens with one attached hydrogen (secondary N) is 1. The lowest BCUT2D eigenvalue weighted by atomic mass is 9.97. The van der Waals surface area contributed by atoms with Crippen molar-refractivity contribution < 1.29 is 4.74 Å². The van der Waals surface area contributed by atoms with Crippen molar-refractivity contribution in [2.24, 2.45) is 5.84 Å². The van der Waals surface area contributed by atoms with Crippen LogP contribution in [0.5, 0.6) is 5.75 Å². The van der Waals surface area contributed by atoms with E-state index in [2.05, 4.69) is 48.7 Å². The summed E-state index contributed by atoms with van der Waals surface area (Å²) in [5, 5.41) is 0. The number of hydrogen-bond donors (Lipinski definition) is 2. The second-order valence-corrected chi connectivity index (χ2v) is 5.62. The SMILES string of the molecule is CCc1ccc(CC(NN)C2Cc3ccccc3O2)cc1. The fourth-order valence-electron chi connectivity index (χ4n) is 2.90. The molecule has 0 aliphatic carbocycles. The number of aryl methyl sites for hydroxylation is 1. The molecule has 1 aliphatic heterocycles. The minimum Gasteiger partial charge on any atom is -0.488 e. The van der Waals surface area contributed by atoms with Gasteiger partial charge in [0.2, 0.25) is 0 Å².